The standard InChI is InChI=1S/C8H15ClO2/c1-4-5-6-7(10)11-8(2,3)9/h4-6H2,1-3H3. The fraction of sp³-hybridized carbons (Fsp3) is 0.875. The summed E-state index contributed by atoms with van der Waals surface area (Å²) in [7, 11) is 0. The molecular formula is C8H15ClO2. The maximum Gasteiger partial charge on any atom is 0.307 e. The zero-order valence-electron chi connectivity index (χ0n) is 7.32. The molecule has 0 radical (unpaired) electrons. The molecule has 0 aromatic rings. The average Bonchev–Trinajstić information content (AvgIpc) is 1.79. The molecule has 0 atom stereocenters. The minimum Gasteiger partial charge on any atom is -0.444 e. The van der Waals surface area contributed by atoms with E-state index in [4.69, 9.17) is 16.3 Å². The quantitative estimate of drug-likeness (QED) is 0.489. The molecule has 0 aromatic heterocycles. The number of hydrogen-bond donors (Lipinski definition) is 0. The molecule has 0 saturated heterocycles. The van der Waals surface area contributed by atoms with Gasteiger partial charge in [0.15, 0.2) is 5.06 Å². The lowest BCUT2D eigenvalue weighted by molar-refractivity contribution is -0.150. The minimum absolute atomic E-state index is 0.216. The molecule has 0 unspecified atom stereocenters. The first kappa shape index (κ1) is 10.8. The molecule has 11 heavy (non-hydrogen) atoms. The number of ether oxygens (including phenoxy) is 1. The molecule has 0 fully saturated rings. The van der Waals surface area contributed by atoms with Crippen LogP contribution in [0.2, 0.25) is 0 Å². The van der Waals surface area contributed by atoms with Crippen LogP contribution < -0.4 is 0 Å². The van der Waals surface area contributed by atoms with Gasteiger partial charge in [0.1, 0.15) is 0 Å². The van der Waals surface area contributed by atoms with E-state index in [1.807, 2.05) is 6.92 Å². The second-order valence-electron chi connectivity index (χ2n) is 2.94. The van der Waals surface area contributed by atoms with Crippen molar-refractivity contribution >= 4 is 17.6 Å². The van der Waals surface area contributed by atoms with E-state index in [-0.39, 0.29) is 5.97 Å². The summed E-state index contributed by atoms with van der Waals surface area (Å²) < 4.78 is 4.87. The van der Waals surface area contributed by atoms with Gasteiger partial charge in [-0.1, -0.05) is 24.9 Å². The molecule has 0 aromatic carbocycles. The summed E-state index contributed by atoms with van der Waals surface area (Å²) in [6.45, 7) is 5.33. The molecule has 0 N–H and O–H groups in total. The van der Waals surface area contributed by atoms with Crippen LogP contribution in [0, 0.1) is 0 Å². The Morgan fingerprint density at radius 3 is 2.45 bits per heavy atom. The molecule has 0 aliphatic heterocycles. The normalized spacial score (nSPS) is 11.3. The molecule has 2 nitrogen and oxygen atoms in total. The van der Waals surface area contributed by atoms with Crippen molar-refractivity contribution < 1.29 is 9.53 Å². The van der Waals surface area contributed by atoms with Gasteiger partial charge in [0.25, 0.3) is 0 Å². The first-order valence-corrected chi connectivity index (χ1v) is 4.24. The Bertz CT molecular complexity index is 127. The first-order valence-electron chi connectivity index (χ1n) is 3.86. The predicted octanol–water partition coefficient (Wildman–Crippen LogP) is 2.69. The van der Waals surface area contributed by atoms with Crippen molar-refractivity contribution in [2.75, 3.05) is 0 Å². The summed E-state index contributed by atoms with van der Waals surface area (Å²) in [5.74, 6) is -0.216. The van der Waals surface area contributed by atoms with Gasteiger partial charge < -0.3 is 4.74 Å². The van der Waals surface area contributed by atoms with Gasteiger partial charge in [-0.3, -0.25) is 4.79 Å². The highest BCUT2D eigenvalue weighted by Gasteiger charge is 2.17. The third kappa shape index (κ3) is 7.66. The highest BCUT2D eigenvalue weighted by molar-refractivity contribution is 6.22. The van der Waals surface area contributed by atoms with E-state index in [0.717, 1.165) is 12.8 Å². The molecule has 0 rings (SSSR count). The molecule has 0 heterocycles. The predicted molar refractivity (Wildman–Crippen MR) is 45.5 cm³/mol. The number of halogens is 1. The Morgan fingerprint density at radius 1 is 1.55 bits per heavy atom. The molecule has 0 spiro atoms. The lowest BCUT2D eigenvalue weighted by atomic mass is 10.2. The van der Waals surface area contributed by atoms with Crippen LogP contribution in [0.25, 0.3) is 0 Å². The van der Waals surface area contributed by atoms with Crippen molar-refractivity contribution in [1.29, 1.82) is 0 Å². The lowest BCUT2D eigenvalue weighted by Gasteiger charge is -2.16. The number of esters is 1. The molecule has 0 bridgehead atoms. The van der Waals surface area contributed by atoms with Crippen LogP contribution in [0.3, 0.4) is 0 Å². The summed E-state index contributed by atoms with van der Waals surface area (Å²) in [5, 5.41) is -0.856. The van der Waals surface area contributed by atoms with Crippen LogP contribution in [-0.2, 0) is 9.53 Å². The Balaban J connectivity index is 3.53. The smallest absolute Gasteiger partial charge is 0.307 e. The summed E-state index contributed by atoms with van der Waals surface area (Å²) in [6.07, 6.45) is 2.33. The van der Waals surface area contributed by atoms with Crippen LogP contribution in [0.5, 0.6) is 0 Å². The van der Waals surface area contributed by atoms with Crippen molar-refractivity contribution in [3.05, 3.63) is 0 Å². The monoisotopic (exact) mass is 178 g/mol. The van der Waals surface area contributed by atoms with Crippen molar-refractivity contribution in [1.82, 2.24) is 0 Å². The van der Waals surface area contributed by atoms with Gasteiger partial charge in [0.05, 0.1) is 0 Å². The molecule has 0 amide bonds. The number of rotatable bonds is 4. The zero-order valence-corrected chi connectivity index (χ0v) is 8.07. The molecular weight excluding hydrogens is 164 g/mol. The summed E-state index contributed by atoms with van der Waals surface area (Å²) in [4.78, 5) is 10.9. The Hall–Kier alpha value is -0.240. The largest absolute Gasteiger partial charge is 0.444 e. The second-order valence-corrected chi connectivity index (χ2v) is 3.85. The SMILES string of the molecule is CCCCC(=O)OC(C)(C)Cl. The number of hydrogen-bond acceptors (Lipinski definition) is 2. The van der Waals surface area contributed by atoms with Gasteiger partial charge in [-0.2, -0.15) is 0 Å². The zero-order chi connectivity index (χ0) is 8.91. The van der Waals surface area contributed by atoms with Gasteiger partial charge in [-0.25, -0.2) is 0 Å². The maximum atomic E-state index is 10.9. The Labute approximate surface area is 72.9 Å². The van der Waals surface area contributed by atoms with E-state index in [9.17, 15) is 4.79 Å². The fourth-order valence-corrected chi connectivity index (χ4v) is 0.729. The second kappa shape index (κ2) is 4.60. The van der Waals surface area contributed by atoms with Gasteiger partial charge in [-0.15, -0.1) is 0 Å². The van der Waals surface area contributed by atoms with Crippen LogP contribution >= 0.6 is 11.6 Å². The molecule has 66 valence electrons. The Morgan fingerprint density at radius 2 is 2.09 bits per heavy atom. The van der Waals surface area contributed by atoms with Crippen LogP contribution in [0.4, 0.5) is 0 Å². The van der Waals surface area contributed by atoms with Gasteiger partial charge in [0.2, 0.25) is 0 Å². The number of carbonyl (C=O) groups excluding carboxylic acids is 1. The van der Waals surface area contributed by atoms with Crippen molar-refractivity contribution in [2.24, 2.45) is 0 Å². The molecule has 3 heteroatoms. The van der Waals surface area contributed by atoms with Gasteiger partial charge >= 0.3 is 5.97 Å². The van der Waals surface area contributed by atoms with E-state index in [2.05, 4.69) is 0 Å². The highest BCUT2D eigenvalue weighted by Crippen LogP contribution is 2.15. The first-order chi connectivity index (χ1) is 4.95. The van der Waals surface area contributed by atoms with Crippen molar-refractivity contribution in [3.63, 3.8) is 0 Å². The van der Waals surface area contributed by atoms with E-state index in [0.29, 0.717) is 6.42 Å². The lowest BCUT2D eigenvalue weighted by Crippen LogP contribution is -2.20. The maximum absolute atomic E-state index is 10.9. The summed E-state index contributed by atoms with van der Waals surface area (Å²) in [5.41, 5.74) is 0. The van der Waals surface area contributed by atoms with E-state index >= 15 is 0 Å². The molecule has 0 aliphatic rings. The van der Waals surface area contributed by atoms with Crippen LogP contribution in [-0.4, -0.2) is 11.0 Å². The van der Waals surface area contributed by atoms with E-state index in [1.54, 1.807) is 13.8 Å². The fourth-order valence-electron chi connectivity index (χ4n) is 0.643. The van der Waals surface area contributed by atoms with Crippen LogP contribution in [0.15, 0.2) is 0 Å². The number of unbranched alkanes of at least 4 members (excludes halogenated alkanes) is 1. The molecule has 0 aliphatic carbocycles. The summed E-state index contributed by atoms with van der Waals surface area (Å²) >= 11 is 5.66. The molecule has 0 saturated carbocycles. The van der Waals surface area contributed by atoms with E-state index in [1.165, 1.54) is 0 Å². The summed E-state index contributed by atoms with van der Waals surface area (Å²) in [6, 6.07) is 0. The van der Waals surface area contributed by atoms with Crippen LogP contribution in [0.1, 0.15) is 40.0 Å². The van der Waals surface area contributed by atoms with Gasteiger partial charge in [-0.05, 0) is 20.3 Å². The number of alkyl halides is 1. The topological polar surface area (TPSA) is 26.3 Å². The van der Waals surface area contributed by atoms with Crippen molar-refractivity contribution in [2.45, 2.75) is 45.1 Å². The van der Waals surface area contributed by atoms with E-state index < -0.39 is 5.06 Å². The third-order valence-electron chi connectivity index (χ3n) is 1.09. The minimum atomic E-state index is -0.856. The Kier molecular flexibility index (Phi) is 4.50. The van der Waals surface area contributed by atoms with Crippen molar-refractivity contribution in [3.8, 4) is 0 Å². The number of carbonyl (C=O) groups is 1. The highest BCUT2D eigenvalue weighted by atomic mass is 35.5. The average molecular weight is 179 g/mol. The van der Waals surface area contributed by atoms with Gasteiger partial charge in [0, 0.05) is 6.42 Å². The third-order valence-corrected chi connectivity index (χ3v) is 1.17.